The van der Waals surface area contributed by atoms with Crippen molar-refractivity contribution in [3.8, 4) is 22.3 Å². The van der Waals surface area contributed by atoms with E-state index in [0.29, 0.717) is 5.92 Å². The lowest BCUT2D eigenvalue weighted by Crippen LogP contribution is -2.25. The third-order valence-corrected chi connectivity index (χ3v) is 8.33. The molecule has 1 heteroatoms. The van der Waals surface area contributed by atoms with Gasteiger partial charge in [-0.25, -0.2) is 0 Å². The average Bonchev–Trinajstić information content (AvgIpc) is 3.32. The Morgan fingerprint density at radius 3 is 1.97 bits per heavy atom. The zero-order chi connectivity index (χ0) is 22.2. The molecule has 1 spiro atoms. The van der Waals surface area contributed by atoms with Gasteiger partial charge in [0.1, 0.15) is 0 Å². The molecule has 2 atom stereocenters. The molecular weight excluding hydrogens is 464 g/mol. The average molecular weight is 487 g/mol. The minimum atomic E-state index is -0.289. The maximum Gasteiger partial charge on any atom is 0.0726 e. The van der Waals surface area contributed by atoms with Crippen LogP contribution in [0.3, 0.4) is 0 Å². The van der Waals surface area contributed by atoms with Crippen molar-refractivity contribution in [2.45, 2.75) is 18.8 Å². The maximum atomic E-state index is 3.89. The first-order valence-corrected chi connectivity index (χ1v) is 12.5. The van der Waals surface area contributed by atoms with Gasteiger partial charge in [-0.15, -0.1) is 0 Å². The minimum absolute atomic E-state index is 0.289. The largest absolute Gasteiger partial charge is 0.0834 e. The van der Waals surface area contributed by atoms with Crippen molar-refractivity contribution in [1.29, 1.82) is 0 Å². The summed E-state index contributed by atoms with van der Waals surface area (Å²) in [6.07, 6.45) is 8.20. The van der Waals surface area contributed by atoms with Gasteiger partial charge in [0.2, 0.25) is 0 Å². The van der Waals surface area contributed by atoms with Gasteiger partial charge in [0, 0.05) is 10.0 Å². The summed E-state index contributed by atoms with van der Waals surface area (Å²) in [6.45, 7) is 2.31. The van der Waals surface area contributed by atoms with Crippen LogP contribution in [-0.2, 0) is 5.41 Å². The highest BCUT2D eigenvalue weighted by molar-refractivity contribution is 9.10. The number of halogens is 1. The SMILES string of the molecule is CC1C=C(c2cccc3c2-c2ccccc2C32c3ccccc3-c3c(Br)cccc32)C=CC1. The molecule has 4 aromatic rings. The molecule has 4 aromatic carbocycles. The fourth-order valence-corrected chi connectivity index (χ4v) is 7.03. The first-order chi connectivity index (χ1) is 16.2. The van der Waals surface area contributed by atoms with Gasteiger partial charge in [-0.3, -0.25) is 0 Å². The number of rotatable bonds is 1. The lowest BCUT2D eigenvalue weighted by atomic mass is 9.70. The highest BCUT2D eigenvalue weighted by Crippen LogP contribution is 2.64. The molecule has 0 amide bonds. The van der Waals surface area contributed by atoms with Gasteiger partial charge in [0.15, 0.2) is 0 Å². The van der Waals surface area contributed by atoms with Gasteiger partial charge in [0.05, 0.1) is 5.41 Å². The minimum Gasteiger partial charge on any atom is -0.0834 e. The van der Waals surface area contributed by atoms with Crippen molar-refractivity contribution in [1.82, 2.24) is 0 Å². The zero-order valence-electron chi connectivity index (χ0n) is 18.5. The van der Waals surface area contributed by atoms with Crippen molar-refractivity contribution >= 4 is 21.5 Å². The van der Waals surface area contributed by atoms with Gasteiger partial charge < -0.3 is 0 Å². The number of hydrogen-bond acceptors (Lipinski definition) is 0. The summed E-state index contributed by atoms with van der Waals surface area (Å²) < 4.78 is 1.16. The Kier molecular flexibility index (Phi) is 4.05. The van der Waals surface area contributed by atoms with E-state index in [2.05, 4.69) is 126 Å². The van der Waals surface area contributed by atoms with E-state index < -0.39 is 0 Å². The summed E-state index contributed by atoms with van der Waals surface area (Å²) in [6, 6.07) is 31.7. The van der Waals surface area contributed by atoms with Crippen LogP contribution in [0.15, 0.2) is 108 Å². The molecule has 7 rings (SSSR count). The van der Waals surface area contributed by atoms with Crippen LogP contribution < -0.4 is 0 Å². The van der Waals surface area contributed by atoms with Crippen molar-refractivity contribution in [3.05, 3.63) is 135 Å². The van der Waals surface area contributed by atoms with Crippen LogP contribution in [0.25, 0.3) is 27.8 Å². The van der Waals surface area contributed by atoms with Crippen LogP contribution in [0.4, 0.5) is 0 Å². The summed E-state index contributed by atoms with van der Waals surface area (Å²) >= 11 is 3.89. The van der Waals surface area contributed by atoms with E-state index >= 15 is 0 Å². The van der Waals surface area contributed by atoms with E-state index in [4.69, 9.17) is 0 Å². The van der Waals surface area contributed by atoms with Gasteiger partial charge >= 0.3 is 0 Å². The monoisotopic (exact) mass is 486 g/mol. The Balaban J connectivity index is 1.65. The molecule has 0 aromatic heterocycles. The molecule has 0 fully saturated rings. The molecule has 0 radical (unpaired) electrons. The molecule has 33 heavy (non-hydrogen) atoms. The number of benzene rings is 4. The van der Waals surface area contributed by atoms with Crippen LogP contribution in [0.2, 0.25) is 0 Å². The molecule has 0 bridgehead atoms. The molecule has 0 saturated carbocycles. The summed E-state index contributed by atoms with van der Waals surface area (Å²) in [7, 11) is 0. The number of hydrogen-bond donors (Lipinski definition) is 0. The first-order valence-electron chi connectivity index (χ1n) is 11.7. The second-order valence-corrected chi connectivity index (χ2v) is 10.3. The van der Waals surface area contributed by atoms with Gasteiger partial charge in [-0.05, 0) is 68.5 Å². The van der Waals surface area contributed by atoms with E-state index in [-0.39, 0.29) is 5.41 Å². The van der Waals surface area contributed by atoms with Gasteiger partial charge in [0.25, 0.3) is 0 Å². The molecule has 3 aliphatic carbocycles. The summed E-state index contributed by atoms with van der Waals surface area (Å²) in [5, 5.41) is 0. The van der Waals surface area contributed by atoms with Gasteiger partial charge in [-0.2, -0.15) is 0 Å². The molecule has 0 N–H and O–H groups in total. The van der Waals surface area contributed by atoms with E-state index in [0.717, 1.165) is 10.9 Å². The predicted molar refractivity (Wildman–Crippen MR) is 141 cm³/mol. The third kappa shape index (κ3) is 2.41. The lowest BCUT2D eigenvalue weighted by molar-refractivity contribution is 0.740. The van der Waals surface area contributed by atoms with Crippen molar-refractivity contribution < 1.29 is 0 Å². The van der Waals surface area contributed by atoms with E-state index in [9.17, 15) is 0 Å². The van der Waals surface area contributed by atoms with Crippen LogP contribution in [0.5, 0.6) is 0 Å². The Labute approximate surface area is 203 Å². The Morgan fingerprint density at radius 1 is 0.667 bits per heavy atom. The van der Waals surface area contributed by atoms with Crippen molar-refractivity contribution in [2.75, 3.05) is 0 Å². The molecule has 0 nitrogen and oxygen atoms in total. The maximum absolute atomic E-state index is 3.89. The Morgan fingerprint density at radius 2 is 1.24 bits per heavy atom. The molecular formula is C32H23Br. The van der Waals surface area contributed by atoms with Crippen molar-refractivity contribution in [2.24, 2.45) is 5.92 Å². The fraction of sp³-hybridized carbons (Fsp3) is 0.125. The lowest BCUT2D eigenvalue weighted by Gasteiger charge is -2.30. The summed E-state index contributed by atoms with van der Waals surface area (Å²) in [5.41, 5.74) is 13.4. The van der Waals surface area contributed by atoms with Gasteiger partial charge in [-0.1, -0.05) is 120 Å². The number of allylic oxidation sites excluding steroid dienone is 4. The van der Waals surface area contributed by atoms with Crippen LogP contribution >= 0.6 is 15.9 Å². The second kappa shape index (κ2) is 6.92. The smallest absolute Gasteiger partial charge is 0.0726 e. The normalized spacial score (nSPS) is 21.4. The van der Waals surface area contributed by atoms with Crippen molar-refractivity contribution in [3.63, 3.8) is 0 Å². The Bertz CT molecular complexity index is 1520. The molecule has 0 saturated heterocycles. The van der Waals surface area contributed by atoms with Crippen LogP contribution in [-0.4, -0.2) is 0 Å². The highest BCUT2D eigenvalue weighted by Gasteiger charge is 2.52. The number of fused-ring (bicyclic) bond motifs is 10. The quantitative estimate of drug-likeness (QED) is 0.217. The topological polar surface area (TPSA) is 0 Å². The van der Waals surface area contributed by atoms with Crippen LogP contribution in [0.1, 0.15) is 41.2 Å². The Hall–Kier alpha value is -3.16. The van der Waals surface area contributed by atoms with E-state index in [1.165, 1.54) is 55.6 Å². The van der Waals surface area contributed by atoms with Crippen LogP contribution in [0, 0.1) is 5.92 Å². The first kappa shape index (κ1) is 19.3. The molecule has 3 aliphatic rings. The summed E-state index contributed by atoms with van der Waals surface area (Å²) in [4.78, 5) is 0. The van der Waals surface area contributed by atoms with E-state index in [1.807, 2.05) is 0 Å². The standard InChI is InChI=1S/C32H23Br/c1-20-9-6-10-21(19-20)22-13-7-16-27-30(22)23-11-2-4-14-25(23)32(27)26-15-5-3-12-24(26)31-28(32)17-8-18-29(31)33/h2-8,10-20H,9H2,1H3. The predicted octanol–water partition coefficient (Wildman–Crippen LogP) is 8.77. The third-order valence-electron chi connectivity index (χ3n) is 7.67. The summed E-state index contributed by atoms with van der Waals surface area (Å²) in [5.74, 6) is 0.565. The zero-order valence-corrected chi connectivity index (χ0v) is 20.1. The molecule has 2 unspecified atom stereocenters. The molecule has 158 valence electrons. The molecule has 0 aliphatic heterocycles. The molecule has 0 heterocycles. The van der Waals surface area contributed by atoms with E-state index in [1.54, 1.807) is 0 Å². The highest BCUT2D eigenvalue weighted by atomic mass is 79.9. The second-order valence-electron chi connectivity index (χ2n) is 9.47. The fourth-order valence-electron chi connectivity index (χ4n) is 6.45.